The average molecular weight is 443 g/mol. The molecule has 0 fully saturated rings. The number of rotatable bonds is 8. The SMILES string of the molecule is C=CCOc1c(Cl)cc(/C=C2\N=C(c3ccc(C)c([N+](=O)[O-])c3)OC2=O)cc1OCC. The molecule has 0 aliphatic carbocycles. The molecular weight excluding hydrogens is 424 g/mol. The summed E-state index contributed by atoms with van der Waals surface area (Å²) in [5, 5.41) is 11.5. The molecule has 0 amide bonds. The van der Waals surface area contributed by atoms with Crippen LogP contribution in [-0.4, -0.2) is 30.0 Å². The lowest BCUT2D eigenvalue weighted by atomic mass is 10.1. The van der Waals surface area contributed by atoms with Crippen molar-refractivity contribution >= 4 is 35.2 Å². The van der Waals surface area contributed by atoms with E-state index in [0.29, 0.717) is 39.8 Å². The van der Waals surface area contributed by atoms with Crippen LogP contribution in [0, 0.1) is 17.0 Å². The van der Waals surface area contributed by atoms with Crippen LogP contribution < -0.4 is 9.47 Å². The molecule has 0 N–H and O–H groups in total. The van der Waals surface area contributed by atoms with Crippen LogP contribution in [0.4, 0.5) is 5.69 Å². The van der Waals surface area contributed by atoms with Crippen molar-refractivity contribution in [2.75, 3.05) is 13.2 Å². The number of carbonyl (C=O) groups is 1. The van der Waals surface area contributed by atoms with Crippen molar-refractivity contribution in [1.29, 1.82) is 0 Å². The average Bonchev–Trinajstić information content (AvgIpc) is 3.08. The fourth-order valence-corrected chi connectivity index (χ4v) is 3.12. The number of cyclic esters (lactones) is 1. The molecule has 8 nitrogen and oxygen atoms in total. The van der Waals surface area contributed by atoms with Gasteiger partial charge in [0.05, 0.1) is 16.6 Å². The molecule has 2 aromatic carbocycles. The Bertz CT molecular complexity index is 1120. The Balaban J connectivity index is 1.97. The quantitative estimate of drug-likeness (QED) is 0.190. The number of aliphatic imine (C=N–C) groups is 1. The summed E-state index contributed by atoms with van der Waals surface area (Å²) in [6, 6.07) is 7.76. The lowest BCUT2D eigenvalue weighted by molar-refractivity contribution is -0.385. The number of halogens is 1. The molecule has 2 aromatic rings. The minimum absolute atomic E-state index is 0.0126. The van der Waals surface area contributed by atoms with E-state index >= 15 is 0 Å². The predicted octanol–water partition coefficient (Wildman–Crippen LogP) is 4.86. The van der Waals surface area contributed by atoms with Gasteiger partial charge in [-0.1, -0.05) is 30.3 Å². The molecule has 0 bridgehead atoms. The topological polar surface area (TPSA) is 100 Å². The van der Waals surface area contributed by atoms with Crippen molar-refractivity contribution in [2.24, 2.45) is 4.99 Å². The summed E-state index contributed by atoms with van der Waals surface area (Å²) in [4.78, 5) is 27.2. The van der Waals surface area contributed by atoms with Gasteiger partial charge in [-0.05, 0) is 43.7 Å². The van der Waals surface area contributed by atoms with E-state index in [0.717, 1.165) is 0 Å². The van der Waals surface area contributed by atoms with E-state index in [1.165, 1.54) is 12.1 Å². The number of benzene rings is 2. The minimum atomic E-state index is -0.681. The summed E-state index contributed by atoms with van der Waals surface area (Å²) in [7, 11) is 0. The number of carbonyl (C=O) groups excluding carboxylic acids is 1. The second-order valence-corrected chi connectivity index (χ2v) is 6.86. The van der Waals surface area contributed by atoms with Crippen LogP contribution in [0.3, 0.4) is 0 Å². The van der Waals surface area contributed by atoms with Gasteiger partial charge in [0.15, 0.2) is 17.2 Å². The summed E-state index contributed by atoms with van der Waals surface area (Å²) in [6.45, 7) is 7.69. The molecule has 1 aliphatic heterocycles. The maximum absolute atomic E-state index is 12.3. The summed E-state index contributed by atoms with van der Waals surface area (Å²) in [5.41, 5.74) is 1.31. The Hall–Kier alpha value is -3.65. The van der Waals surface area contributed by atoms with Gasteiger partial charge in [0.2, 0.25) is 5.90 Å². The number of aryl methyl sites for hydroxylation is 1. The van der Waals surface area contributed by atoms with Crippen LogP contribution in [0.25, 0.3) is 6.08 Å². The molecule has 0 atom stereocenters. The Labute approximate surface area is 183 Å². The maximum Gasteiger partial charge on any atom is 0.363 e. The van der Waals surface area contributed by atoms with Gasteiger partial charge < -0.3 is 14.2 Å². The zero-order valence-electron chi connectivity index (χ0n) is 16.9. The minimum Gasteiger partial charge on any atom is -0.490 e. The second kappa shape index (κ2) is 9.44. The summed E-state index contributed by atoms with van der Waals surface area (Å²) in [6.07, 6.45) is 3.08. The number of nitro benzene ring substituents is 1. The largest absolute Gasteiger partial charge is 0.490 e. The van der Waals surface area contributed by atoms with E-state index in [2.05, 4.69) is 11.6 Å². The molecule has 0 saturated carbocycles. The zero-order chi connectivity index (χ0) is 22.5. The summed E-state index contributed by atoms with van der Waals surface area (Å²) < 4.78 is 16.4. The number of hydrogen-bond acceptors (Lipinski definition) is 7. The molecule has 0 saturated heterocycles. The van der Waals surface area contributed by atoms with Crippen molar-refractivity contribution in [1.82, 2.24) is 0 Å². The highest BCUT2D eigenvalue weighted by molar-refractivity contribution is 6.32. The van der Waals surface area contributed by atoms with Crippen molar-refractivity contribution in [3.8, 4) is 11.5 Å². The van der Waals surface area contributed by atoms with Gasteiger partial charge in [0.1, 0.15) is 6.61 Å². The summed E-state index contributed by atoms with van der Waals surface area (Å²) >= 11 is 6.33. The first-order valence-corrected chi connectivity index (χ1v) is 9.69. The molecule has 0 spiro atoms. The first kappa shape index (κ1) is 22.0. The highest BCUT2D eigenvalue weighted by atomic mass is 35.5. The molecule has 9 heteroatoms. The van der Waals surface area contributed by atoms with Crippen molar-refractivity contribution in [3.63, 3.8) is 0 Å². The molecule has 3 rings (SSSR count). The highest BCUT2D eigenvalue weighted by Gasteiger charge is 2.26. The Morgan fingerprint density at radius 1 is 1.29 bits per heavy atom. The molecule has 1 heterocycles. The standard InChI is InChI=1S/C22H19ClN2O6/c1-4-8-30-20-16(23)9-14(11-19(20)29-5-2)10-17-22(26)31-21(24-17)15-7-6-13(3)18(12-15)25(27)28/h4,6-7,9-12H,1,5,8H2,2-3H3/b17-10-. The van der Waals surface area contributed by atoms with Gasteiger partial charge in [-0.2, -0.15) is 0 Å². The van der Waals surface area contributed by atoms with Gasteiger partial charge in [-0.25, -0.2) is 9.79 Å². The lowest BCUT2D eigenvalue weighted by Crippen LogP contribution is -2.06. The van der Waals surface area contributed by atoms with E-state index in [4.69, 9.17) is 25.8 Å². The van der Waals surface area contributed by atoms with Crippen molar-refractivity contribution in [2.45, 2.75) is 13.8 Å². The number of nitro groups is 1. The van der Waals surface area contributed by atoms with Crippen LogP contribution >= 0.6 is 11.6 Å². The molecule has 31 heavy (non-hydrogen) atoms. The van der Waals surface area contributed by atoms with Gasteiger partial charge in [-0.3, -0.25) is 10.1 Å². The van der Waals surface area contributed by atoms with Crippen LogP contribution in [-0.2, 0) is 9.53 Å². The monoisotopic (exact) mass is 442 g/mol. The molecular formula is C22H19ClN2O6. The first-order chi connectivity index (χ1) is 14.8. The van der Waals surface area contributed by atoms with Gasteiger partial charge in [0.25, 0.3) is 5.69 Å². The molecule has 160 valence electrons. The van der Waals surface area contributed by atoms with E-state index in [9.17, 15) is 14.9 Å². The zero-order valence-corrected chi connectivity index (χ0v) is 17.6. The van der Waals surface area contributed by atoms with E-state index in [1.54, 1.807) is 37.3 Å². The van der Waals surface area contributed by atoms with Gasteiger partial charge in [-0.15, -0.1) is 0 Å². The summed E-state index contributed by atoms with van der Waals surface area (Å²) in [5.74, 6) is 0.0878. The number of esters is 1. The predicted molar refractivity (Wildman–Crippen MR) is 117 cm³/mol. The molecule has 0 aromatic heterocycles. The van der Waals surface area contributed by atoms with E-state index in [-0.39, 0.29) is 23.9 Å². The fourth-order valence-electron chi connectivity index (χ4n) is 2.85. The highest BCUT2D eigenvalue weighted by Crippen LogP contribution is 2.37. The second-order valence-electron chi connectivity index (χ2n) is 6.46. The third-order valence-corrected chi connectivity index (χ3v) is 4.53. The van der Waals surface area contributed by atoms with Crippen molar-refractivity contribution in [3.05, 3.63) is 80.5 Å². The lowest BCUT2D eigenvalue weighted by Gasteiger charge is -2.13. The van der Waals surface area contributed by atoms with Crippen LogP contribution in [0.2, 0.25) is 5.02 Å². The third-order valence-electron chi connectivity index (χ3n) is 4.25. The van der Waals surface area contributed by atoms with Gasteiger partial charge >= 0.3 is 5.97 Å². The molecule has 1 aliphatic rings. The van der Waals surface area contributed by atoms with Crippen LogP contribution in [0.15, 0.2) is 53.7 Å². The van der Waals surface area contributed by atoms with Gasteiger partial charge in [0, 0.05) is 17.2 Å². The first-order valence-electron chi connectivity index (χ1n) is 9.32. The fraction of sp³-hybridized carbons (Fsp3) is 0.182. The van der Waals surface area contributed by atoms with E-state index < -0.39 is 10.9 Å². The molecule has 0 unspecified atom stereocenters. The number of nitrogens with zero attached hydrogens (tertiary/aromatic N) is 2. The number of hydrogen-bond donors (Lipinski definition) is 0. The Morgan fingerprint density at radius 2 is 2.06 bits per heavy atom. The number of ether oxygens (including phenoxy) is 3. The molecule has 0 radical (unpaired) electrons. The van der Waals surface area contributed by atoms with Crippen LogP contribution in [0.5, 0.6) is 11.5 Å². The smallest absolute Gasteiger partial charge is 0.363 e. The van der Waals surface area contributed by atoms with E-state index in [1.807, 2.05) is 6.92 Å². The Morgan fingerprint density at radius 3 is 2.74 bits per heavy atom. The van der Waals surface area contributed by atoms with Crippen LogP contribution in [0.1, 0.15) is 23.6 Å². The normalized spacial score (nSPS) is 14.2. The third kappa shape index (κ3) is 4.92. The maximum atomic E-state index is 12.3. The van der Waals surface area contributed by atoms with Crippen molar-refractivity contribution < 1.29 is 23.9 Å². The Kier molecular flexibility index (Phi) is 6.71.